The van der Waals surface area contributed by atoms with Crippen molar-refractivity contribution >= 4 is 17.7 Å². The first kappa shape index (κ1) is 12.2. The maximum Gasteiger partial charge on any atom is 0.433 e. The molecule has 13 heavy (non-hydrogen) atoms. The van der Waals surface area contributed by atoms with Crippen molar-refractivity contribution in [1.29, 1.82) is 0 Å². The second-order valence-corrected chi connectivity index (χ2v) is 3.24. The number of hydrogen-bond donors (Lipinski definition) is 0. The molecule has 0 aromatic carbocycles. The van der Waals surface area contributed by atoms with Crippen LogP contribution in [0, 0.1) is 10.8 Å². The van der Waals surface area contributed by atoms with Gasteiger partial charge in [-0.15, -0.1) is 16.5 Å². The van der Waals surface area contributed by atoms with Gasteiger partial charge in [-0.05, 0) is 5.92 Å². The number of nitrogens with zero attached hydrogens (tertiary/aromatic N) is 2. The number of halogens is 1. The highest BCUT2D eigenvalue weighted by molar-refractivity contribution is 6.18. The number of hydrogen-bond acceptors (Lipinski definition) is 4. The van der Waals surface area contributed by atoms with E-state index in [1.165, 1.54) is 0 Å². The van der Waals surface area contributed by atoms with E-state index in [1.807, 2.05) is 13.8 Å². The van der Waals surface area contributed by atoms with Crippen molar-refractivity contribution < 1.29 is 9.53 Å². The lowest BCUT2D eigenvalue weighted by atomic mass is 10.2. The first-order valence-electron chi connectivity index (χ1n) is 3.95. The molecule has 76 valence electrons. The van der Waals surface area contributed by atoms with Crippen LogP contribution in [0.3, 0.4) is 0 Å². The quantitative estimate of drug-likeness (QED) is 0.395. The summed E-state index contributed by atoms with van der Waals surface area (Å²) in [6, 6.07) is 0. The number of ether oxygens (including phenoxy) is 1. The summed E-state index contributed by atoms with van der Waals surface area (Å²) in [6.45, 7) is 4.14. The van der Waals surface area contributed by atoms with E-state index in [-0.39, 0.29) is 24.9 Å². The summed E-state index contributed by atoms with van der Waals surface area (Å²) in [5, 5.41) is 3.14. The molecule has 0 atom stereocenters. The third kappa shape index (κ3) is 5.41. The molecule has 0 fully saturated rings. The highest BCUT2D eigenvalue weighted by Crippen LogP contribution is 1.99. The zero-order valence-corrected chi connectivity index (χ0v) is 8.45. The van der Waals surface area contributed by atoms with Crippen LogP contribution in [0.2, 0.25) is 0 Å². The second kappa shape index (κ2) is 6.65. The minimum Gasteiger partial charge on any atom is -0.448 e. The van der Waals surface area contributed by atoms with Gasteiger partial charge < -0.3 is 4.74 Å². The zero-order chi connectivity index (χ0) is 10.3. The summed E-state index contributed by atoms with van der Waals surface area (Å²) in [6.07, 6.45) is -0.746. The monoisotopic (exact) mass is 208 g/mol. The average Bonchev–Trinajstić information content (AvgIpc) is 2.10. The highest BCUT2D eigenvalue weighted by atomic mass is 35.5. The minimum atomic E-state index is -0.746. The van der Waals surface area contributed by atoms with Gasteiger partial charge in [0.15, 0.2) is 0 Å². The Morgan fingerprint density at radius 3 is 2.62 bits per heavy atom. The molecule has 0 rings (SSSR count). The Kier molecular flexibility index (Phi) is 6.22. The van der Waals surface area contributed by atoms with E-state index in [0.29, 0.717) is 5.01 Å². The van der Waals surface area contributed by atoms with Crippen molar-refractivity contribution in [1.82, 2.24) is 5.01 Å². The van der Waals surface area contributed by atoms with Crippen molar-refractivity contribution in [2.75, 3.05) is 19.0 Å². The van der Waals surface area contributed by atoms with Crippen LogP contribution in [-0.4, -0.2) is 30.1 Å². The predicted octanol–water partition coefficient (Wildman–Crippen LogP) is 2.00. The molecule has 1 amide bonds. The predicted molar refractivity (Wildman–Crippen MR) is 49.4 cm³/mol. The summed E-state index contributed by atoms with van der Waals surface area (Å²) in [7, 11) is 0. The molecule has 0 aliphatic carbocycles. The van der Waals surface area contributed by atoms with E-state index in [4.69, 9.17) is 16.3 Å². The molecule has 0 radical (unpaired) electrons. The Balaban J connectivity index is 3.84. The smallest absolute Gasteiger partial charge is 0.433 e. The molecule has 0 aromatic rings. The number of carbonyl (C=O) groups excluding carboxylic acids is 1. The normalized spacial score (nSPS) is 9.85. The van der Waals surface area contributed by atoms with E-state index in [0.717, 1.165) is 0 Å². The van der Waals surface area contributed by atoms with Gasteiger partial charge in [-0.1, -0.05) is 13.8 Å². The topological polar surface area (TPSA) is 59.0 Å². The Morgan fingerprint density at radius 1 is 1.62 bits per heavy atom. The zero-order valence-electron chi connectivity index (χ0n) is 7.70. The van der Waals surface area contributed by atoms with Gasteiger partial charge in [0.05, 0.1) is 18.4 Å². The Hall–Kier alpha value is -0.840. The molecule has 0 spiro atoms. The largest absolute Gasteiger partial charge is 0.448 e. The van der Waals surface area contributed by atoms with Crippen molar-refractivity contribution in [3.8, 4) is 0 Å². The minimum absolute atomic E-state index is 0.0714. The Morgan fingerprint density at radius 2 is 2.23 bits per heavy atom. The van der Waals surface area contributed by atoms with Gasteiger partial charge in [-0.25, -0.2) is 4.79 Å². The van der Waals surface area contributed by atoms with E-state index in [1.54, 1.807) is 0 Å². The van der Waals surface area contributed by atoms with Gasteiger partial charge in [-0.2, -0.15) is 5.01 Å². The van der Waals surface area contributed by atoms with Gasteiger partial charge in [0, 0.05) is 5.88 Å². The van der Waals surface area contributed by atoms with E-state index in [2.05, 4.69) is 5.29 Å². The van der Waals surface area contributed by atoms with Crippen LogP contribution in [0.15, 0.2) is 5.29 Å². The fourth-order valence-electron chi connectivity index (χ4n) is 0.558. The lowest BCUT2D eigenvalue weighted by Gasteiger charge is -2.12. The third-order valence-electron chi connectivity index (χ3n) is 1.15. The van der Waals surface area contributed by atoms with Crippen LogP contribution in [0.1, 0.15) is 13.8 Å². The Labute approximate surface area is 81.9 Å². The maximum absolute atomic E-state index is 11.0. The molecule has 5 nitrogen and oxygen atoms in total. The lowest BCUT2D eigenvalue weighted by Crippen LogP contribution is -2.28. The van der Waals surface area contributed by atoms with Crippen molar-refractivity contribution in [3.63, 3.8) is 0 Å². The fourth-order valence-corrected chi connectivity index (χ4v) is 0.718. The van der Waals surface area contributed by atoms with Gasteiger partial charge >= 0.3 is 6.09 Å². The molecule has 0 saturated heterocycles. The summed E-state index contributed by atoms with van der Waals surface area (Å²) in [4.78, 5) is 21.1. The number of amides is 1. The van der Waals surface area contributed by atoms with Crippen molar-refractivity contribution in [2.24, 2.45) is 11.2 Å². The molecular weight excluding hydrogens is 196 g/mol. The molecule has 0 aliphatic rings. The standard InChI is InChI=1S/C7H13ClN2O3/c1-6(2)5-13-7(11)10(9-12)4-3-8/h6H,3-5H2,1-2H3. The van der Waals surface area contributed by atoms with Crippen LogP contribution < -0.4 is 0 Å². The number of carbonyl (C=O) groups is 1. The molecule has 0 heterocycles. The SMILES string of the molecule is CC(C)COC(=O)N(CCCl)N=O. The van der Waals surface area contributed by atoms with Crippen LogP contribution >= 0.6 is 11.6 Å². The van der Waals surface area contributed by atoms with Crippen LogP contribution in [-0.2, 0) is 4.74 Å². The Bertz CT molecular complexity index is 175. The highest BCUT2D eigenvalue weighted by Gasteiger charge is 2.14. The van der Waals surface area contributed by atoms with Gasteiger partial charge in [0.2, 0.25) is 0 Å². The fraction of sp³-hybridized carbons (Fsp3) is 0.857. The van der Waals surface area contributed by atoms with E-state index < -0.39 is 6.09 Å². The number of rotatable bonds is 5. The molecule has 0 aliphatic heterocycles. The number of alkyl halides is 1. The first-order chi connectivity index (χ1) is 6.11. The van der Waals surface area contributed by atoms with Gasteiger partial charge in [0.25, 0.3) is 0 Å². The molecule has 0 saturated carbocycles. The van der Waals surface area contributed by atoms with Gasteiger partial charge in [-0.3, -0.25) is 0 Å². The third-order valence-corrected chi connectivity index (χ3v) is 1.31. The molecule has 0 aromatic heterocycles. The maximum atomic E-state index is 11.0. The summed E-state index contributed by atoms with van der Waals surface area (Å²) in [5.41, 5.74) is 0. The summed E-state index contributed by atoms with van der Waals surface area (Å²) < 4.78 is 4.74. The second-order valence-electron chi connectivity index (χ2n) is 2.86. The first-order valence-corrected chi connectivity index (χ1v) is 4.48. The molecule has 6 heteroatoms. The van der Waals surface area contributed by atoms with E-state index >= 15 is 0 Å². The van der Waals surface area contributed by atoms with Crippen molar-refractivity contribution in [2.45, 2.75) is 13.8 Å². The van der Waals surface area contributed by atoms with Crippen LogP contribution in [0.5, 0.6) is 0 Å². The molecule has 0 bridgehead atoms. The van der Waals surface area contributed by atoms with E-state index in [9.17, 15) is 9.70 Å². The van der Waals surface area contributed by atoms with Crippen LogP contribution in [0.25, 0.3) is 0 Å². The van der Waals surface area contributed by atoms with Gasteiger partial charge in [0.1, 0.15) is 0 Å². The van der Waals surface area contributed by atoms with Crippen molar-refractivity contribution in [3.05, 3.63) is 4.91 Å². The lowest BCUT2D eigenvalue weighted by molar-refractivity contribution is 0.0944. The average molecular weight is 209 g/mol. The molecular formula is C7H13ClN2O3. The van der Waals surface area contributed by atoms with Crippen LogP contribution in [0.4, 0.5) is 4.79 Å². The summed E-state index contributed by atoms with van der Waals surface area (Å²) in [5.74, 6) is 0.385. The summed E-state index contributed by atoms with van der Waals surface area (Å²) >= 11 is 5.33. The number of nitroso groups, excluding NO2 is 1. The molecule has 0 unspecified atom stereocenters. The molecule has 0 N–H and O–H groups in total.